The zero-order valence-electron chi connectivity index (χ0n) is 23.6. The first-order valence-corrected chi connectivity index (χ1v) is 15.4. The van der Waals surface area contributed by atoms with Crippen LogP contribution in [0.5, 0.6) is 0 Å². The molecule has 0 aliphatic heterocycles. The van der Waals surface area contributed by atoms with Crippen molar-refractivity contribution in [2.24, 2.45) is 0 Å². The van der Waals surface area contributed by atoms with Gasteiger partial charge in [0.15, 0.2) is 17.5 Å². The highest BCUT2D eigenvalue weighted by atomic mass is 32.1. The minimum atomic E-state index is 0.650. The van der Waals surface area contributed by atoms with Crippen LogP contribution < -0.4 is 0 Å². The minimum absolute atomic E-state index is 0.650. The molecule has 0 unspecified atom stereocenters. The molecule has 0 saturated carbocycles. The first-order chi connectivity index (χ1) is 21.8. The average molecular weight is 581 g/mol. The summed E-state index contributed by atoms with van der Waals surface area (Å²) in [5.74, 6) is 1.97. The van der Waals surface area contributed by atoms with Crippen molar-refractivity contribution in [1.82, 2.24) is 19.5 Å². The first kappa shape index (κ1) is 24.9. The Morgan fingerprint density at radius 1 is 0.386 bits per heavy atom. The largest absolute Gasteiger partial charge is 0.309 e. The van der Waals surface area contributed by atoms with E-state index in [0.717, 1.165) is 27.9 Å². The summed E-state index contributed by atoms with van der Waals surface area (Å²) in [5.41, 5.74) is 6.29. The molecule has 3 heterocycles. The molecule has 3 aromatic heterocycles. The van der Waals surface area contributed by atoms with E-state index < -0.39 is 0 Å². The highest BCUT2D eigenvalue weighted by Gasteiger charge is 2.17. The van der Waals surface area contributed by atoms with E-state index in [1.165, 1.54) is 36.5 Å². The Balaban J connectivity index is 1.27. The fourth-order valence-electron chi connectivity index (χ4n) is 6.18. The Morgan fingerprint density at radius 2 is 0.932 bits per heavy atom. The van der Waals surface area contributed by atoms with Crippen LogP contribution in [0, 0.1) is 0 Å². The van der Waals surface area contributed by atoms with E-state index >= 15 is 0 Å². The number of para-hydroxylation sites is 2. The quantitative estimate of drug-likeness (QED) is 0.208. The standard InChI is InChI=1S/C39H24N4S/c1-3-11-25(12-4-1)37-40-38(42-39(41-37)27-20-22-32-31-16-8-10-18-35(31)44-36(32)24-27)26-19-21-30-29-15-7-9-17-33(29)43(34(30)23-26)28-13-5-2-6-14-28/h1-24H. The summed E-state index contributed by atoms with van der Waals surface area (Å²) in [4.78, 5) is 15.1. The number of aromatic nitrogens is 4. The Morgan fingerprint density at radius 3 is 1.70 bits per heavy atom. The molecule has 0 aliphatic rings. The second-order valence-electron chi connectivity index (χ2n) is 10.9. The number of benzene rings is 6. The van der Waals surface area contributed by atoms with Crippen molar-refractivity contribution in [3.8, 4) is 39.9 Å². The van der Waals surface area contributed by atoms with Crippen molar-refractivity contribution in [3.63, 3.8) is 0 Å². The summed E-state index contributed by atoms with van der Waals surface area (Å²) in [5, 5.41) is 4.95. The Kier molecular flexibility index (Phi) is 5.64. The van der Waals surface area contributed by atoms with Crippen LogP contribution in [0.1, 0.15) is 0 Å². The Labute approximate surface area is 257 Å². The zero-order valence-corrected chi connectivity index (χ0v) is 24.4. The predicted octanol–water partition coefficient (Wildman–Crippen LogP) is 10.3. The van der Waals surface area contributed by atoms with Gasteiger partial charge in [0.05, 0.1) is 11.0 Å². The molecule has 206 valence electrons. The van der Waals surface area contributed by atoms with Crippen LogP contribution >= 0.6 is 11.3 Å². The normalized spacial score (nSPS) is 11.6. The van der Waals surface area contributed by atoms with Crippen molar-refractivity contribution in [2.45, 2.75) is 0 Å². The molecule has 0 N–H and O–H groups in total. The zero-order chi connectivity index (χ0) is 29.0. The second-order valence-corrected chi connectivity index (χ2v) is 12.0. The molecule has 0 amide bonds. The summed E-state index contributed by atoms with van der Waals surface area (Å²) in [6, 6.07) is 50.9. The van der Waals surface area contributed by atoms with Crippen LogP contribution in [-0.2, 0) is 0 Å². The number of thiophene rings is 1. The van der Waals surface area contributed by atoms with Crippen molar-refractivity contribution >= 4 is 53.3 Å². The van der Waals surface area contributed by atoms with Crippen LogP contribution in [-0.4, -0.2) is 19.5 Å². The van der Waals surface area contributed by atoms with Crippen molar-refractivity contribution < 1.29 is 0 Å². The average Bonchev–Trinajstić information content (AvgIpc) is 3.64. The molecule has 0 bridgehead atoms. The van der Waals surface area contributed by atoms with Gasteiger partial charge in [0.1, 0.15) is 0 Å². The topological polar surface area (TPSA) is 43.6 Å². The van der Waals surface area contributed by atoms with E-state index in [9.17, 15) is 0 Å². The lowest BCUT2D eigenvalue weighted by atomic mass is 10.1. The van der Waals surface area contributed by atoms with Crippen LogP contribution in [0.25, 0.3) is 81.8 Å². The predicted molar refractivity (Wildman–Crippen MR) is 183 cm³/mol. The molecule has 0 fully saturated rings. The van der Waals surface area contributed by atoms with E-state index in [0.29, 0.717) is 17.5 Å². The Hall–Kier alpha value is -5.65. The van der Waals surface area contributed by atoms with E-state index in [2.05, 4.69) is 132 Å². The van der Waals surface area contributed by atoms with Gasteiger partial charge < -0.3 is 4.57 Å². The van der Waals surface area contributed by atoms with Crippen LogP contribution in [0.2, 0.25) is 0 Å². The highest BCUT2D eigenvalue weighted by Crippen LogP contribution is 2.37. The summed E-state index contributed by atoms with van der Waals surface area (Å²) < 4.78 is 4.83. The monoisotopic (exact) mass is 580 g/mol. The number of hydrogen-bond acceptors (Lipinski definition) is 4. The van der Waals surface area contributed by atoms with Gasteiger partial charge in [-0.1, -0.05) is 109 Å². The van der Waals surface area contributed by atoms with Gasteiger partial charge in [-0.15, -0.1) is 11.3 Å². The van der Waals surface area contributed by atoms with Gasteiger partial charge in [0.25, 0.3) is 0 Å². The molecule has 4 nitrogen and oxygen atoms in total. The van der Waals surface area contributed by atoms with Crippen molar-refractivity contribution in [2.75, 3.05) is 0 Å². The van der Waals surface area contributed by atoms with Gasteiger partial charge in [0, 0.05) is 53.3 Å². The van der Waals surface area contributed by atoms with Crippen LogP contribution in [0.15, 0.2) is 146 Å². The maximum absolute atomic E-state index is 5.10. The van der Waals surface area contributed by atoms with Gasteiger partial charge in [0.2, 0.25) is 0 Å². The van der Waals surface area contributed by atoms with E-state index in [1.54, 1.807) is 11.3 Å². The van der Waals surface area contributed by atoms with Crippen LogP contribution in [0.4, 0.5) is 0 Å². The Bertz CT molecular complexity index is 2490. The molecule has 9 aromatic rings. The molecule has 0 aliphatic carbocycles. The number of hydrogen-bond donors (Lipinski definition) is 0. The molecule has 0 atom stereocenters. The summed E-state index contributed by atoms with van der Waals surface area (Å²) in [7, 11) is 0. The van der Waals surface area contributed by atoms with Gasteiger partial charge in [-0.25, -0.2) is 15.0 Å². The van der Waals surface area contributed by atoms with Crippen LogP contribution in [0.3, 0.4) is 0 Å². The molecular formula is C39H24N4S. The highest BCUT2D eigenvalue weighted by molar-refractivity contribution is 7.25. The van der Waals surface area contributed by atoms with E-state index in [4.69, 9.17) is 15.0 Å². The third kappa shape index (κ3) is 4.02. The van der Waals surface area contributed by atoms with Gasteiger partial charge in [-0.3, -0.25) is 0 Å². The molecule has 5 heteroatoms. The number of rotatable bonds is 4. The SMILES string of the molecule is c1ccc(-c2nc(-c3ccc4c(c3)sc3ccccc34)nc(-c3ccc4c5ccccc5n(-c5ccccc5)c4c3)n2)cc1. The molecular weight excluding hydrogens is 557 g/mol. The lowest BCUT2D eigenvalue weighted by molar-refractivity contribution is 1.07. The molecule has 0 radical (unpaired) electrons. The van der Waals surface area contributed by atoms with E-state index in [1.807, 2.05) is 18.2 Å². The molecule has 0 saturated heterocycles. The lowest BCUT2D eigenvalue weighted by Gasteiger charge is -2.10. The maximum Gasteiger partial charge on any atom is 0.164 e. The van der Waals surface area contributed by atoms with Gasteiger partial charge in [-0.2, -0.15) is 0 Å². The van der Waals surface area contributed by atoms with Gasteiger partial charge >= 0.3 is 0 Å². The molecule has 44 heavy (non-hydrogen) atoms. The number of fused-ring (bicyclic) bond motifs is 6. The van der Waals surface area contributed by atoms with Crippen molar-refractivity contribution in [1.29, 1.82) is 0 Å². The molecule has 9 rings (SSSR count). The summed E-state index contributed by atoms with van der Waals surface area (Å²) in [6.45, 7) is 0. The third-order valence-corrected chi connectivity index (χ3v) is 9.38. The molecule has 6 aromatic carbocycles. The minimum Gasteiger partial charge on any atom is -0.309 e. The van der Waals surface area contributed by atoms with Gasteiger partial charge in [-0.05, 0) is 36.4 Å². The second kappa shape index (κ2) is 9.97. The fraction of sp³-hybridized carbons (Fsp3) is 0. The summed E-state index contributed by atoms with van der Waals surface area (Å²) >= 11 is 1.80. The maximum atomic E-state index is 5.10. The van der Waals surface area contributed by atoms with Crippen molar-refractivity contribution in [3.05, 3.63) is 146 Å². The first-order valence-electron chi connectivity index (χ1n) is 14.6. The molecule has 0 spiro atoms. The fourth-order valence-corrected chi connectivity index (χ4v) is 7.33. The van der Waals surface area contributed by atoms with E-state index in [-0.39, 0.29) is 0 Å². The lowest BCUT2D eigenvalue weighted by Crippen LogP contribution is -2.00. The summed E-state index contributed by atoms with van der Waals surface area (Å²) in [6.07, 6.45) is 0. The smallest absolute Gasteiger partial charge is 0.164 e. The number of nitrogens with zero attached hydrogens (tertiary/aromatic N) is 4. The third-order valence-electron chi connectivity index (χ3n) is 8.25.